The maximum Gasteiger partial charge on any atom is 0.123 e. The smallest absolute Gasteiger partial charge is 0.123 e. The summed E-state index contributed by atoms with van der Waals surface area (Å²) in [6.45, 7) is 1.63. The number of nitrogens with one attached hydrogen (secondary N) is 1. The molecular formula is C10H11FN2O. The quantitative estimate of drug-likeness (QED) is 0.422. The number of oxime groups is 1. The summed E-state index contributed by atoms with van der Waals surface area (Å²) >= 11 is 0. The minimum atomic E-state index is -0.280. The van der Waals surface area contributed by atoms with Crippen molar-refractivity contribution in [1.82, 2.24) is 5.32 Å². The van der Waals surface area contributed by atoms with Crippen molar-refractivity contribution in [1.29, 1.82) is 0 Å². The van der Waals surface area contributed by atoms with Crippen molar-refractivity contribution in [3.05, 3.63) is 35.6 Å². The number of rotatable bonds is 2. The van der Waals surface area contributed by atoms with E-state index in [9.17, 15) is 4.39 Å². The van der Waals surface area contributed by atoms with Crippen molar-refractivity contribution >= 4 is 5.71 Å². The predicted molar refractivity (Wildman–Crippen MR) is 51.1 cm³/mol. The molecule has 74 valence electrons. The molecule has 2 rings (SSSR count). The lowest BCUT2D eigenvalue weighted by Crippen LogP contribution is -2.46. The van der Waals surface area contributed by atoms with E-state index in [0.29, 0.717) is 5.71 Å². The van der Waals surface area contributed by atoms with Gasteiger partial charge in [0.1, 0.15) is 5.82 Å². The standard InChI is InChI=1S/C10H11FN2O/c11-9-3-1-7(2-4-9)10(13-14)8-5-12-6-8/h1-4,8,12,14H,5-6H2/b13-10+. The fourth-order valence-corrected chi connectivity index (χ4v) is 1.48. The van der Waals surface area contributed by atoms with E-state index >= 15 is 0 Å². The van der Waals surface area contributed by atoms with Gasteiger partial charge in [-0.05, 0) is 17.7 Å². The summed E-state index contributed by atoms with van der Waals surface area (Å²) in [5.74, 6) is -0.0387. The second-order valence-electron chi connectivity index (χ2n) is 3.35. The Morgan fingerprint density at radius 2 is 2.00 bits per heavy atom. The molecule has 1 heterocycles. The molecule has 0 saturated carbocycles. The lowest BCUT2D eigenvalue weighted by Gasteiger charge is -2.27. The van der Waals surface area contributed by atoms with E-state index < -0.39 is 0 Å². The minimum absolute atomic E-state index is 0.241. The average molecular weight is 194 g/mol. The third-order valence-corrected chi connectivity index (χ3v) is 2.42. The van der Waals surface area contributed by atoms with Crippen LogP contribution in [0.2, 0.25) is 0 Å². The summed E-state index contributed by atoms with van der Waals surface area (Å²) in [5.41, 5.74) is 1.41. The van der Waals surface area contributed by atoms with E-state index in [-0.39, 0.29) is 11.7 Å². The van der Waals surface area contributed by atoms with E-state index in [1.54, 1.807) is 12.1 Å². The molecule has 0 aliphatic carbocycles. The molecule has 0 aromatic heterocycles. The average Bonchev–Trinajstić information content (AvgIpc) is 2.13. The molecule has 0 atom stereocenters. The molecule has 3 nitrogen and oxygen atoms in total. The largest absolute Gasteiger partial charge is 0.411 e. The zero-order valence-corrected chi connectivity index (χ0v) is 7.57. The number of hydrogen-bond acceptors (Lipinski definition) is 3. The first-order valence-corrected chi connectivity index (χ1v) is 4.50. The van der Waals surface area contributed by atoms with Gasteiger partial charge in [-0.3, -0.25) is 0 Å². The zero-order chi connectivity index (χ0) is 9.97. The van der Waals surface area contributed by atoms with Gasteiger partial charge in [0.2, 0.25) is 0 Å². The van der Waals surface area contributed by atoms with Crippen LogP contribution >= 0.6 is 0 Å². The van der Waals surface area contributed by atoms with Crippen molar-refractivity contribution < 1.29 is 9.60 Å². The van der Waals surface area contributed by atoms with Gasteiger partial charge in [-0.15, -0.1) is 0 Å². The molecule has 1 aliphatic rings. The maximum absolute atomic E-state index is 12.6. The molecular weight excluding hydrogens is 183 g/mol. The highest BCUT2D eigenvalue weighted by molar-refractivity contribution is 6.02. The highest BCUT2D eigenvalue weighted by Crippen LogP contribution is 2.14. The molecule has 1 saturated heterocycles. The normalized spacial score (nSPS) is 17.9. The monoisotopic (exact) mass is 194 g/mol. The van der Waals surface area contributed by atoms with Gasteiger partial charge < -0.3 is 10.5 Å². The van der Waals surface area contributed by atoms with Crippen LogP contribution in [-0.4, -0.2) is 24.0 Å². The Hall–Kier alpha value is -1.42. The van der Waals surface area contributed by atoms with Crippen molar-refractivity contribution in [3.63, 3.8) is 0 Å². The summed E-state index contributed by atoms with van der Waals surface area (Å²) < 4.78 is 12.6. The number of halogens is 1. The van der Waals surface area contributed by atoms with Gasteiger partial charge in [0.25, 0.3) is 0 Å². The van der Waals surface area contributed by atoms with Crippen molar-refractivity contribution in [2.45, 2.75) is 0 Å². The molecule has 1 fully saturated rings. The first kappa shape index (κ1) is 9.15. The Morgan fingerprint density at radius 3 is 2.43 bits per heavy atom. The van der Waals surface area contributed by atoms with Crippen molar-refractivity contribution in [2.75, 3.05) is 13.1 Å². The van der Waals surface area contributed by atoms with Crippen LogP contribution in [0.15, 0.2) is 29.4 Å². The fraction of sp³-hybridized carbons (Fsp3) is 0.300. The molecule has 2 N–H and O–H groups in total. The molecule has 0 bridgehead atoms. The number of hydrogen-bond donors (Lipinski definition) is 2. The van der Waals surface area contributed by atoms with Gasteiger partial charge in [0.05, 0.1) is 5.71 Å². The molecule has 0 spiro atoms. The second-order valence-corrected chi connectivity index (χ2v) is 3.35. The number of nitrogens with zero attached hydrogens (tertiary/aromatic N) is 1. The molecule has 0 unspecified atom stereocenters. The lowest BCUT2D eigenvalue weighted by atomic mass is 9.92. The Balaban J connectivity index is 2.23. The van der Waals surface area contributed by atoms with Crippen LogP contribution in [0.4, 0.5) is 4.39 Å². The summed E-state index contributed by atoms with van der Waals surface area (Å²) in [6, 6.07) is 5.99. The van der Waals surface area contributed by atoms with E-state index in [0.717, 1.165) is 18.7 Å². The molecule has 14 heavy (non-hydrogen) atoms. The zero-order valence-electron chi connectivity index (χ0n) is 7.57. The highest BCUT2D eigenvalue weighted by atomic mass is 19.1. The van der Waals surface area contributed by atoms with Crippen molar-refractivity contribution in [3.8, 4) is 0 Å². The van der Waals surface area contributed by atoms with Gasteiger partial charge in [0, 0.05) is 19.0 Å². The van der Waals surface area contributed by atoms with Crippen LogP contribution in [0.3, 0.4) is 0 Å². The Morgan fingerprint density at radius 1 is 1.36 bits per heavy atom. The van der Waals surface area contributed by atoms with Crippen molar-refractivity contribution in [2.24, 2.45) is 11.1 Å². The van der Waals surface area contributed by atoms with Gasteiger partial charge >= 0.3 is 0 Å². The third kappa shape index (κ3) is 1.61. The van der Waals surface area contributed by atoms with Crippen LogP contribution in [0.25, 0.3) is 0 Å². The Kier molecular flexibility index (Phi) is 2.45. The van der Waals surface area contributed by atoms with E-state index in [1.165, 1.54) is 12.1 Å². The first-order valence-electron chi connectivity index (χ1n) is 4.50. The minimum Gasteiger partial charge on any atom is -0.411 e. The second kappa shape index (κ2) is 3.75. The SMILES string of the molecule is O/N=C(\c1ccc(F)cc1)C1CNC1. The van der Waals surface area contributed by atoms with Crippen LogP contribution < -0.4 is 5.32 Å². The maximum atomic E-state index is 12.6. The highest BCUT2D eigenvalue weighted by Gasteiger charge is 2.24. The Labute approximate surface area is 81.2 Å². The van der Waals surface area contributed by atoms with Crippen LogP contribution in [0.1, 0.15) is 5.56 Å². The van der Waals surface area contributed by atoms with Gasteiger partial charge in [-0.2, -0.15) is 0 Å². The summed E-state index contributed by atoms with van der Waals surface area (Å²) in [5, 5.41) is 15.2. The van der Waals surface area contributed by atoms with Crippen LogP contribution in [0, 0.1) is 11.7 Å². The van der Waals surface area contributed by atoms with Gasteiger partial charge in [0.15, 0.2) is 0 Å². The van der Waals surface area contributed by atoms with E-state index in [4.69, 9.17) is 5.21 Å². The van der Waals surface area contributed by atoms with Crippen LogP contribution in [0.5, 0.6) is 0 Å². The topological polar surface area (TPSA) is 44.6 Å². The first-order chi connectivity index (χ1) is 6.81. The molecule has 1 aromatic carbocycles. The molecule has 0 radical (unpaired) electrons. The lowest BCUT2D eigenvalue weighted by molar-refractivity contribution is 0.309. The molecule has 0 amide bonds. The Bertz CT molecular complexity index is 344. The molecule has 1 aromatic rings. The fourth-order valence-electron chi connectivity index (χ4n) is 1.48. The van der Waals surface area contributed by atoms with Crippen LogP contribution in [-0.2, 0) is 0 Å². The third-order valence-electron chi connectivity index (χ3n) is 2.42. The summed E-state index contributed by atoms with van der Waals surface area (Å²) in [7, 11) is 0. The predicted octanol–water partition coefficient (Wildman–Crippen LogP) is 1.22. The van der Waals surface area contributed by atoms with E-state index in [1.807, 2.05) is 0 Å². The van der Waals surface area contributed by atoms with E-state index in [2.05, 4.69) is 10.5 Å². The van der Waals surface area contributed by atoms with Gasteiger partial charge in [-0.1, -0.05) is 17.3 Å². The molecule has 4 heteroatoms. The van der Waals surface area contributed by atoms with Gasteiger partial charge in [-0.25, -0.2) is 4.39 Å². The molecule has 1 aliphatic heterocycles. The number of benzene rings is 1. The summed E-state index contributed by atoms with van der Waals surface area (Å²) in [4.78, 5) is 0. The summed E-state index contributed by atoms with van der Waals surface area (Å²) in [6.07, 6.45) is 0.